The molecule has 0 saturated carbocycles. The van der Waals surface area contributed by atoms with Gasteiger partial charge in [0.15, 0.2) is 5.17 Å². The van der Waals surface area contributed by atoms with Crippen LogP contribution in [0, 0.1) is 10.1 Å². The van der Waals surface area contributed by atoms with E-state index >= 15 is 0 Å². The molecule has 144 valence electrons. The molecule has 0 aliphatic carbocycles. The van der Waals surface area contributed by atoms with Crippen LogP contribution in [-0.2, 0) is 11.4 Å². The van der Waals surface area contributed by atoms with Gasteiger partial charge in [-0.1, -0.05) is 11.8 Å². The van der Waals surface area contributed by atoms with Gasteiger partial charge < -0.3 is 14.8 Å². The topological polar surface area (TPSA) is 115 Å². The highest BCUT2D eigenvalue weighted by Gasteiger charge is 2.16. The lowest BCUT2D eigenvalue weighted by Crippen LogP contribution is -2.19. The van der Waals surface area contributed by atoms with Crippen LogP contribution in [0.4, 0.5) is 5.69 Å². The molecular weight excluding hydrogens is 384 g/mol. The first kappa shape index (κ1) is 19.4. The lowest BCUT2D eigenvalue weighted by Gasteiger charge is -2.11. The zero-order valence-electron chi connectivity index (χ0n) is 14.8. The number of amidine groups is 1. The van der Waals surface area contributed by atoms with Gasteiger partial charge in [-0.25, -0.2) is 0 Å². The minimum Gasteiger partial charge on any atom is -0.496 e. The predicted octanol–water partition coefficient (Wildman–Crippen LogP) is 2.74. The number of hydrogen-bond acceptors (Lipinski definition) is 8. The molecule has 1 N–H and O–H groups in total. The normalized spacial score (nSPS) is 15.0. The van der Waals surface area contributed by atoms with Crippen molar-refractivity contribution in [1.29, 1.82) is 0 Å². The number of amides is 1. The van der Waals surface area contributed by atoms with E-state index in [1.807, 2.05) is 12.1 Å². The molecule has 1 amide bonds. The summed E-state index contributed by atoms with van der Waals surface area (Å²) in [6.07, 6.45) is 1.56. The van der Waals surface area contributed by atoms with E-state index in [2.05, 4.69) is 15.5 Å². The number of benzene rings is 2. The van der Waals surface area contributed by atoms with Gasteiger partial charge in [-0.2, -0.15) is 5.10 Å². The van der Waals surface area contributed by atoms with E-state index in [0.29, 0.717) is 22.4 Å². The van der Waals surface area contributed by atoms with Crippen molar-refractivity contribution in [1.82, 2.24) is 5.32 Å². The zero-order valence-corrected chi connectivity index (χ0v) is 15.6. The predicted molar refractivity (Wildman–Crippen MR) is 106 cm³/mol. The molecule has 0 bridgehead atoms. The largest absolute Gasteiger partial charge is 0.496 e. The third kappa shape index (κ3) is 5.07. The van der Waals surface area contributed by atoms with E-state index in [0.717, 1.165) is 11.1 Å². The van der Waals surface area contributed by atoms with Crippen molar-refractivity contribution in [2.24, 2.45) is 10.2 Å². The van der Waals surface area contributed by atoms with Gasteiger partial charge in [-0.05, 0) is 35.9 Å². The standard InChI is InChI=1S/C18H16N4O5S/c1-26-16-7-2-12(9-19-21-18-20-17(23)11-28-18)8-13(16)10-27-15-5-3-14(4-6-15)22(24)25/h2-9H,10-11H2,1H3,(H,20,21,23). The number of nitrogens with zero attached hydrogens (tertiary/aromatic N) is 3. The van der Waals surface area contributed by atoms with E-state index < -0.39 is 4.92 Å². The Bertz CT molecular complexity index is 943. The summed E-state index contributed by atoms with van der Waals surface area (Å²) in [5, 5.41) is 21.7. The first-order chi connectivity index (χ1) is 13.5. The number of non-ortho nitro benzene ring substituents is 1. The third-order valence-electron chi connectivity index (χ3n) is 3.69. The van der Waals surface area contributed by atoms with E-state index in [1.54, 1.807) is 31.5 Å². The van der Waals surface area contributed by atoms with Crippen molar-refractivity contribution >= 4 is 34.7 Å². The van der Waals surface area contributed by atoms with Crippen molar-refractivity contribution in [3.63, 3.8) is 0 Å². The number of nitro groups is 1. The minimum atomic E-state index is -0.464. The molecular formula is C18H16N4O5S. The molecule has 1 saturated heterocycles. The first-order valence-electron chi connectivity index (χ1n) is 8.13. The summed E-state index contributed by atoms with van der Waals surface area (Å²) < 4.78 is 11.0. The number of rotatable bonds is 7. The Morgan fingerprint density at radius 1 is 1.29 bits per heavy atom. The van der Waals surface area contributed by atoms with Crippen LogP contribution >= 0.6 is 11.8 Å². The fourth-order valence-electron chi connectivity index (χ4n) is 2.34. The molecule has 1 aliphatic rings. The summed E-state index contributed by atoms with van der Waals surface area (Å²) in [4.78, 5) is 21.4. The molecule has 1 aliphatic heterocycles. The monoisotopic (exact) mass is 400 g/mol. The molecule has 2 aromatic rings. The second-order valence-electron chi connectivity index (χ2n) is 5.60. The van der Waals surface area contributed by atoms with Crippen molar-refractivity contribution < 1.29 is 19.2 Å². The lowest BCUT2D eigenvalue weighted by atomic mass is 10.1. The molecule has 1 fully saturated rings. The first-order valence-corrected chi connectivity index (χ1v) is 9.11. The molecule has 0 unspecified atom stereocenters. The number of carbonyl (C=O) groups excluding carboxylic acids is 1. The van der Waals surface area contributed by atoms with Gasteiger partial charge in [0, 0.05) is 17.7 Å². The van der Waals surface area contributed by atoms with E-state index in [1.165, 1.54) is 23.9 Å². The summed E-state index contributed by atoms with van der Waals surface area (Å²) in [5.74, 6) is 1.41. The Kier molecular flexibility index (Phi) is 6.22. The van der Waals surface area contributed by atoms with E-state index in [9.17, 15) is 14.9 Å². The van der Waals surface area contributed by atoms with Crippen molar-refractivity contribution in [2.75, 3.05) is 12.9 Å². The summed E-state index contributed by atoms with van der Waals surface area (Å²) in [7, 11) is 1.56. The van der Waals surface area contributed by atoms with Gasteiger partial charge in [-0.15, -0.1) is 5.10 Å². The summed E-state index contributed by atoms with van der Waals surface area (Å²) >= 11 is 1.30. The van der Waals surface area contributed by atoms with Crippen molar-refractivity contribution in [3.8, 4) is 11.5 Å². The maximum Gasteiger partial charge on any atom is 0.269 e. The summed E-state index contributed by atoms with van der Waals surface area (Å²) in [6.45, 7) is 0.211. The Balaban J connectivity index is 1.68. The second-order valence-corrected chi connectivity index (χ2v) is 6.56. The van der Waals surface area contributed by atoms with Gasteiger partial charge in [0.25, 0.3) is 5.69 Å². The van der Waals surface area contributed by atoms with Gasteiger partial charge in [0.1, 0.15) is 18.1 Å². The average molecular weight is 400 g/mol. The summed E-state index contributed by atoms with van der Waals surface area (Å²) in [5.41, 5.74) is 1.56. The van der Waals surface area contributed by atoms with E-state index in [4.69, 9.17) is 9.47 Å². The van der Waals surface area contributed by atoms with Gasteiger partial charge in [-0.3, -0.25) is 14.9 Å². The van der Waals surface area contributed by atoms with Crippen LogP contribution in [0.15, 0.2) is 52.7 Å². The van der Waals surface area contributed by atoms with Crippen LogP contribution in [0.2, 0.25) is 0 Å². The average Bonchev–Trinajstić information content (AvgIpc) is 3.12. The van der Waals surface area contributed by atoms with E-state index in [-0.39, 0.29) is 18.2 Å². The number of ether oxygens (including phenoxy) is 2. The summed E-state index contributed by atoms with van der Waals surface area (Å²) in [6, 6.07) is 11.3. The van der Waals surface area contributed by atoms with Gasteiger partial charge >= 0.3 is 0 Å². The molecule has 0 aromatic heterocycles. The number of hydrogen-bond donors (Lipinski definition) is 1. The third-order valence-corrected chi connectivity index (χ3v) is 4.55. The van der Waals surface area contributed by atoms with Crippen LogP contribution in [-0.4, -0.2) is 35.1 Å². The minimum absolute atomic E-state index is 0.00127. The molecule has 0 spiro atoms. The number of thioether (sulfide) groups is 1. The quantitative estimate of drug-likeness (QED) is 0.434. The molecule has 2 aromatic carbocycles. The smallest absolute Gasteiger partial charge is 0.269 e. The molecule has 28 heavy (non-hydrogen) atoms. The van der Waals surface area contributed by atoms with Crippen LogP contribution < -0.4 is 14.8 Å². The molecule has 9 nitrogen and oxygen atoms in total. The number of nitro benzene ring substituents is 1. The van der Waals surface area contributed by atoms with Gasteiger partial charge in [0.05, 0.1) is 24.0 Å². The van der Waals surface area contributed by atoms with Crippen LogP contribution in [0.25, 0.3) is 0 Å². The maximum atomic E-state index is 11.1. The highest BCUT2D eigenvalue weighted by atomic mass is 32.2. The maximum absolute atomic E-state index is 11.1. The number of methoxy groups -OCH3 is 1. The number of nitrogens with one attached hydrogen (secondary N) is 1. The fraction of sp³-hybridized carbons (Fsp3) is 0.167. The Morgan fingerprint density at radius 3 is 2.71 bits per heavy atom. The van der Waals surface area contributed by atoms with Crippen molar-refractivity contribution in [3.05, 3.63) is 63.7 Å². The Morgan fingerprint density at radius 2 is 2.07 bits per heavy atom. The highest BCUT2D eigenvalue weighted by Crippen LogP contribution is 2.23. The second kappa shape index (κ2) is 9.00. The van der Waals surface area contributed by atoms with Crippen molar-refractivity contribution in [2.45, 2.75) is 6.61 Å². The molecule has 3 rings (SSSR count). The van der Waals surface area contributed by atoms with Crippen LogP contribution in [0.5, 0.6) is 11.5 Å². The zero-order chi connectivity index (χ0) is 19.9. The molecule has 0 radical (unpaired) electrons. The molecule has 0 atom stereocenters. The highest BCUT2D eigenvalue weighted by molar-refractivity contribution is 8.15. The van der Waals surface area contributed by atoms with Gasteiger partial charge in [0.2, 0.25) is 5.91 Å². The van der Waals surface area contributed by atoms with Crippen LogP contribution in [0.3, 0.4) is 0 Å². The SMILES string of the molecule is COc1ccc(C=NN=C2NC(=O)CS2)cc1COc1ccc([N+](=O)[O-])cc1. The Labute approximate surface area is 164 Å². The molecule has 10 heteroatoms. The lowest BCUT2D eigenvalue weighted by molar-refractivity contribution is -0.384. The number of carbonyl (C=O) groups is 1. The van der Waals surface area contributed by atoms with Crippen LogP contribution in [0.1, 0.15) is 11.1 Å². The fourth-order valence-corrected chi connectivity index (χ4v) is 2.97. The molecule has 1 heterocycles. The Hall–Kier alpha value is -3.40.